The van der Waals surface area contributed by atoms with Gasteiger partial charge in [-0.1, -0.05) is 85.5 Å². The van der Waals surface area contributed by atoms with Crippen LogP contribution in [-0.2, 0) is 0 Å². The summed E-state index contributed by atoms with van der Waals surface area (Å²) in [4.78, 5) is 2.35. The minimum atomic E-state index is -0.661. The van der Waals surface area contributed by atoms with E-state index in [1.165, 1.54) is 11.1 Å². The molecule has 0 radical (unpaired) electrons. The molecule has 3 aromatic rings. The first-order chi connectivity index (χ1) is 16.9. The topological polar surface area (TPSA) is 54.0 Å². The molecule has 1 unspecified atom stereocenters. The van der Waals surface area contributed by atoms with E-state index in [1.807, 2.05) is 36.4 Å². The lowest BCUT2D eigenvalue weighted by Gasteiger charge is -2.37. The quantitative estimate of drug-likeness (QED) is 0.319. The molecule has 0 aliphatic carbocycles. The number of β-amino-alcohol motifs (C(OH)–C–C–N with tert-alkyl or cyclic N) is 1. The third-order valence-corrected chi connectivity index (χ3v) is 5.77. The van der Waals surface area contributed by atoms with Crippen molar-refractivity contribution in [2.24, 2.45) is 0 Å². The van der Waals surface area contributed by atoms with Gasteiger partial charge in [-0.15, -0.1) is 0 Å². The van der Waals surface area contributed by atoms with E-state index in [0.29, 0.717) is 24.7 Å². The summed E-state index contributed by atoms with van der Waals surface area (Å²) >= 11 is 0. The molecule has 0 fully saturated rings. The van der Waals surface area contributed by atoms with Crippen LogP contribution in [0.2, 0.25) is 0 Å². The molecule has 3 rings (SSSR count). The number of likely N-dealkylation sites (N-methyl/N-ethyl adjacent to an activating group) is 1. The third-order valence-electron chi connectivity index (χ3n) is 5.77. The molecule has 0 aromatic heterocycles. The first-order valence-electron chi connectivity index (χ1n) is 12.1. The maximum absolute atomic E-state index is 10.6. The van der Waals surface area contributed by atoms with Crippen molar-refractivity contribution in [3.63, 3.8) is 0 Å². The van der Waals surface area contributed by atoms with Crippen molar-refractivity contribution in [1.29, 1.82) is 0 Å². The number of rotatable bonds is 14. The highest BCUT2D eigenvalue weighted by Gasteiger charge is 2.26. The van der Waals surface area contributed by atoms with Gasteiger partial charge in [0.1, 0.15) is 19.3 Å². The Bertz CT molecular complexity index is 985. The van der Waals surface area contributed by atoms with Gasteiger partial charge in [0.25, 0.3) is 0 Å². The Hall–Kier alpha value is -3.12. The van der Waals surface area contributed by atoms with Gasteiger partial charge in [-0.2, -0.15) is 0 Å². The van der Waals surface area contributed by atoms with Crippen molar-refractivity contribution >= 4 is 0 Å². The van der Waals surface area contributed by atoms with Gasteiger partial charge in [-0.05, 0) is 44.2 Å². The standard InChI is InChI=1S/C30H38N2O3/c1-5-20-34-27-18-12-13-19-28(27)35-22-26(33)21-31-30(2,3)23-32(4)29(24-14-8-6-9-15-24)25-16-10-7-11-17-25/h5-19,26,29,31,33H,1,20-23H2,2-4H3. The van der Waals surface area contributed by atoms with Crippen LogP contribution in [0.25, 0.3) is 0 Å². The monoisotopic (exact) mass is 474 g/mol. The van der Waals surface area contributed by atoms with Crippen LogP contribution >= 0.6 is 0 Å². The highest BCUT2D eigenvalue weighted by molar-refractivity contribution is 5.39. The Kier molecular flexibility index (Phi) is 9.91. The molecule has 2 N–H and O–H groups in total. The van der Waals surface area contributed by atoms with E-state index in [-0.39, 0.29) is 18.2 Å². The average molecular weight is 475 g/mol. The lowest BCUT2D eigenvalue weighted by Crippen LogP contribution is -2.51. The molecule has 0 amide bonds. The minimum absolute atomic E-state index is 0.138. The maximum Gasteiger partial charge on any atom is 0.161 e. The molecule has 0 aliphatic heterocycles. The summed E-state index contributed by atoms with van der Waals surface area (Å²) in [5.41, 5.74) is 2.27. The van der Waals surface area contributed by atoms with Crippen molar-refractivity contribution in [2.75, 3.05) is 33.4 Å². The number of hydrogen-bond acceptors (Lipinski definition) is 5. The second kappa shape index (κ2) is 13.1. The van der Waals surface area contributed by atoms with Crippen LogP contribution in [0, 0.1) is 0 Å². The first-order valence-corrected chi connectivity index (χ1v) is 12.1. The van der Waals surface area contributed by atoms with E-state index in [9.17, 15) is 5.11 Å². The van der Waals surface area contributed by atoms with Crippen molar-refractivity contribution in [3.8, 4) is 11.5 Å². The predicted molar refractivity (Wildman–Crippen MR) is 143 cm³/mol. The minimum Gasteiger partial charge on any atom is -0.487 e. The lowest BCUT2D eigenvalue weighted by molar-refractivity contribution is 0.0920. The van der Waals surface area contributed by atoms with Gasteiger partial charge < -0.3 is 19.9 Å². The summed E-state index contributed by atoms with van der Waals surface area (Å²) in [6.45, 7) is 9.76. The molecular formula is C30H38N2O3. The highest BCUT2D eigenvalue weighted by atomic mass is 16.5. The van der Waals surface area contributed by atoms with Crippen LogP contribution in [0.1, 0.15) is 31.0 Å². The number of aliphatic hydroxyl groups excluding tert-OH is 1. The van der Waals surface area contributed by atoms with Crippen LogP contribution in [0.3, 0.4) is 0 Å². The number of nitrogens with one attached hydrogen (secondary N) is 1. The Morgan fingerprint density at radius 1 is 0.886 bits per heavy atom. The molecular weight excluding hydrogens is 436 g/mol. The summed E-state index contributed by atoms with van der Waals surface area (Å²) in [6, 6.07) is 28.7. The van der Waals surface area contributed by atoms with E-state index in [2.05, 4.69) is 86.2 Å². The number of benzene rings is 3. The van der Waals surface area contributed by atoms with E-state index >= 15 is 0 Å². The van der Waals surface area contributed by atoms with Crippen molar-refractivity contribution < 1.29 is 14.6 Å². The van der Waals surface area contributed by atoms with Gasteiger partial charge in [-0.25, -0.2) is 0 Å². The molecule has 0 aliphatic rings. The largest absolute Gasteiger partial charge is 0.487 e. The van der Waals surface area contributed by atoms with Gasteiger partial charge in [0.15, 0.2) is 11.5 Å². The fraction of sp³-hybridized carbons (Fsp3) is 0.333. The Morgan fingerprint density at radius 2 is 1.40 bits per heavy atom. The summed E-state index contributed by atoms with van der Waals surface area (Å²) in [5.74, 6) is 1.25. The summed E-state index contributed by atoms with van der Waals surface area (Å²) in [7, 11) is 2.15. The summed E-state index contributed by atoms with van der Waals surface area (Å²) in [6.07, 6.45) is 1.03. The molecule has 5 nitrogen and oxygen atoms in total. The fourth-order valence-corrected chi connectivity index (χ4v) is 4.22. The van der Waals surface area contributed by atoms with Crippen LogP contribution in [0.4, 0.5) is 0 Å². The van der Waals surface area contributed by atoms with Gasteiger partial charge in [0.2, 0.25) is 0 Å². The fourth-order valence-electron chi connectivity index (χ4n) is 4.22. The van der Waals surface area contributed by atoms with E-state index in [0.717, 1.165) is 6.54 Å². The predicted octanol–water partition coefficient (Wildman–Crippen LogP) is 5.08. The SMILES string of the molecule is C=CCOc1ccccc1OCC(O)CNC(C)(C)CN(C)C(c1ccccc1)c1ccccc1. The van der Waals surface area contributed by atoms with Gasteiger partial charge in [0, 0.05) is 18.6 Å². The Labute approximate surface area is 210 Å². The van der Waals surface area contributed by atoms with Gasteiger partial charge >= 0.3 is 0 Å². The third kappa shape index (κ3) is 8.25. The molecule has 186 valence electrons. The van der Waals surface area contributed by atoms with E-state index < -0.39 is 6.10 Å². The Balaban J connectivity index is 1.57. The molecule has 5 heteroatoms. The summed E-state index contributed by atoms with van der Waals surface area (Å²) in [5, 5.41) is 14.1. The molecule has 0 saturated carbocycles. The van der Waals surface area contributed by atoms with Crippen LogP contribution in [0.15, 0.2) is 97.6 Å². The molecule has 0 heterocycles. The average Bonchev–Trinajstić information content (AvgIpc) is 2.86. The maximum atomic E-state index is 10.6. The van der Waals surface area contributed by atoms with Crippen molar-refractivity contribution in [3.05, 3.63) is 109 Å². The number of nitrogens with zero attached hydrogens (tertiary/aromatic N) is 1. The zero-order chi connectivity index (χ0) is 25.1. The smallest absolute Gasteiger partial charge is 0.161 e. The van der Waals surface area contributed by atoms with Crippen molar-refractivity contribution in [1.82, 2.24) is 10.2 Å². The molecule has 35 heavy (non-hydrogen) atoms. The normalized spacial score (nSPS) is 12.5. The number of ether oxygens (including phenoxy) is 2. The van der Waals surface area contributed by atoms with Crippen LogP contribution in [0.5, 0.6) is 11.5 Å². The number of aliphatic hydroxyl groups is 1. The van der Waals surface area contributed by atoms with E-state index in [4.69, 9.17) is 9.47 Å². The molecule has 3 aromatic carbocycles. The van der Waals surface area contributed by atoms with E-state index in [1.54, 1.807) is 6.08 Å². The highest BCUT2D eigenvalue weighted by Crippen LogP contribution is 2.29. The zero-order valence-corrected chi connectivity index (χ0v) is 21.1. The molecule has 0 bridgehead atoms. The second-order valence-corrected chi connectivity index (χ2v) is 9.42. The summed E-state index contributed by atoms with van der Waals surface area (Å²) < 4.78 is 11.5. The number of para-hydroxylation sites is 2. The van der Waals surface area contributed by atoms with Gasteiger partial charge in [0.05, 0.1) is 6.04 Å². The molecule has 0 saturated heterocycles. The second-order valence-electron chi connectivity index (χ2n) is 9.42. The van der Waals surface area contributed by atoms with Gasteiger partial charge in [-0.3, -0.25) is 4.90 Å². The van der Waals surface area contributed by atoms with Crippen LogP contribution in [-0.4, -0.2) is 55.0 Å². The van der Waals surface area contributed by atoms with Crippen molar-refractivity contribution in [2.45, 2.75) is 31.5 Å². The Morgan fingerprint density at radius 3 is 1.94 bits per heavy atom. The molecule has 1 atom stereocenters. The van der Waals surface area contributed by atoms with Crippen LogP contribution < -0.4 is 14.8 Å². The lowest BCUT2D eigenvalue weighted by atomic mass is 9.95. The first kappa shape index (κ1) is 26.5. The zero-order valence-electron chi connectivity index (χ0n) is 21.1. The number of hydrogen-bond donors (Lipinski definition) is 2. The molecule has 0 spiro atoms.